The van der Waals surface area contributed by atoms with Crippen LogP contribution in [0.3, 0.4) is 0 Å². The first-order valence-electron chi connectivity index (χ1n) is 6.83. The van der Waals surface area contributed by atoms with Crippen molar-refractivity contribution in [1.29, 1.82) is 0 Å². The fourth-order valence-electron chi connectivity index (χ4n) is 3.44. The highest BCUT2D eigenvalue weighted by atomic mass is 16.3. The maximum absolute atomic E-state index is 10.9. The van der Waals surface area contributed by atoms with Crippen LogP contribution in [0.4, 0.5) is 0 Å². The average Bonchev–Trinajstić information content (AvgIpc) is 2.39. The Bertz CT molecular complexity index is 396. The van der Waals surface area contributed by atoms with E-state index >= 15 is 0 Å². The van der Waals surface area contributed by atoms with Crippen LogP contribution in [0.15, 0.2) is 24.3 Å². The molecule has 2 N–H and O–H groups in total. The molecular formula is C15H21NO. The third kappa shape index (κ3) is 2.00. The summed E-state index contributed by atoms with van der Waals surface area (Å²) >= 11 is 0. The van der Waals surface area contributed by atoms with E-state index in [1.165, 1.54) is 17.5 Å². The van der Waals surface area contributed by atoms with Gasteiger partial charge in [-0.3, -0.25) is 0 Å². The number of hydrogen-bond acceptors (Lipinski definition) is 2. The summed E-state index contributed by atoms with van der Waals surface area (Å²) < 4.78 is 0. The molecule has 0 spiro atoms. The lowest BCUT2D eigenvalue weighted by atomic mass is 9.74. The SMILES string of the molecule is OC1(C2NCCc3ccccc32)CCCCC1. The molecule has 1 aromatic rings. The topological polar surface area (TPSA) is 32.3 Å². The highest BCUT2D eigenvalue weighted by Crippen LogP contribution is 2.40. The van der Waals surface area contributed by atoms with Crippen molar-refractivity contribution in [3.8, 4) is 0 Å². The molecule has 17 heavy (non-hydrogen) atoms. The van der Waals surface area contributed by atoms with Crippen LogP contribution >= 0.6 is 0 Å². The minimum atomic E-state index is -0.519. The van der Waals surface area contributed by atoms with Gasteiger partial charge in [0.05, 0.1) is 11.6 Å². The van der Waals surface area contributed by atoms with Crippen molar-refractivity contribution in [2.75, 3.05) is 6.54 Å². The van der Waals surface area contributed by atoms with Crippen LogP contribution in [0, 0.1) is 0 Å². The van der Waals surface area contributed by atoms with Crippen molar-refractivity contribution < 1.29 is 5.11 Å². The van der Waals surface area contributed by atoms with Gasteiger partial charge in [-0.2, -0.15) is 0 Å². The zero-order chi connectivity index (χ0) is 11.7. The number of nitrogens with one attached hydrogen (secondary N) is 1. The van der Waals surface area contributed by atoms with Crippen molar-refractivity contribution in [3.05, 3.63) is 35.4 Å². The number of rotatable bonds is 1. The first kappa shape index (κ1) is 11.2. The van der Waals surface area contributed by atoms with Crippen LogP contribution in [-0.4, -0.2) is 17.3 Å². The van der Waals surface area contributed by atoms with Gasteiger partial charge in [0.15, 0.2) is 0 Å². The Morgan fingerprint density at radius 2 is 1.88 bits per heavy atom. The standard InChI is InChI=1S/C15H21NO/c17-15(9-4-1-5-10-15)14-13-7-3-2-6-12(13)8-11-16-14/h2-3,6-7,14,16-17H,1,4-5,8-11H2. The summed E-state index contributed by atoms with van der Waals surface area (Å²) in [7, 11) is 0. The minimum Gasteiger partial charge on any atom is -0.388 e. The molecule has 0 bridgehead atoms. The zero-order valence-corrected chi connectivity index (χ0v) is 10.3. The highest BCUT2D eigenvalue weighted by Gasteiger charge is 2.40. The number of fused-ring (bicyclic) bond motifs is 1. The van der Waals surface area contributed by atoms with Crippen LogP contribution in [0.1, 0.15) is 49.3 Å². The molecule has 3 rings (SSSR count). The largest absolute Gasteiger partial charge is 0.388 e. The fourth-order valence-corrected chi connectivity index (χ4v) is 3.44. The molecule has 1 heterocycles. The van der Waals surface area contributed by atoms with Gasteiger partial charge in [-0.25, -0.2) is 0 Å². The summed E-state index contributed by atoms with van der Waals surface area (Å²) in [5, 5.41) is 14.4. The number of aliphatic hydroxyl groups is 1. The van der Waals surface area contributed by atoms with Crippen LogP contribution in [0.2, 0.25) is 0 Å². The normalized spacial score (nSPS) is 27.5. The second-order valence-corrected chi connectivity index (χ2v) is 5.50. The van der Waals surface area contributed by atoms with Gasteiger partial charge in [-0.05, 0) is 36.9 Å². The van der Waals surface area contributed by atoms with Crippen LogP contribution < -0.4 is 5.32 Å². The van der Waals surface area contributed by atoms with Gasteiger partial charge < -0.3 is 10.4 Å². The van der Waals surface area contributed by atoms with E-state index in [0.717, 1.165) is 38.6 Å². The zero-order valence-electron chi connectivity index (χ0n) is 10.3. The summed E-state index contributed by atoms with van der Waals surface area (Å²) in [5.74, 6) is 0. The number of benzene rings is 1. The van der Waals surface area contributed by atoms with Gasteiger partial charge in [0.25, 0.3) is 0 Å². The van der Waals surface area contributed by atoms with Crippen molar-refractivity contribution >= 4 is 0 Å². The molecule has 1 aromatic carbocycles. The van der Waals surface area contributed by atoms with Gasteiger partial charge in [-0.15, -0.1) is 0 Å². The molecule has 0 radical (unpaired) electrons. The van der Waals surface area contributed by atoms with Crippen LogP contribution in [0.5, 0.6) is 0 Å². The molecule has 2 nitrogen and oxygen atoms in total. The molecule has 1 atom stereocenters. The van der Waals surface area contributed by atoms with E-state index in [-0.39, 0.29) is 6.04 Å². The molecule has 2 aliphatic rings. The average molecular weight is 231 g/mol. The van der Waals surface area contributed by atoms with E-state index in [0.29, 0.717) is 0 Å². The molecule has 1 aliphatic carbocycles. The van der Waals surface area contributed by atoms with Crippen LogP contribution in [0.25, 0.3) is 0 Å². The summed E-state index contributed by atoms with van der Waals surface area (Å²) in [4.78, 5) is 0. The van der Waals surface area contributed by atoms with Gasteiger partial charge in [-0.1, -0.05) is 43.5 Å². The lowest BCUT2D eigenvalue weighted by molar-refractivity contribution is -0.0333. The van der Waals surface area contributed by atoms with Gasteiger partial charge in [0.1, 0.15) is 0 Å². The van der Waals surface area contributed by atoms with Gasteiger partial charge >= 0.3 is 0 Å². The second-order valence-electron chi connectivity index (χ2n) is 5.50. The van der Waals surface area contributed by atoms with E-state index in [2.05, 4.69) is 29.6 Å². The molecule has 1 aliphatic heterocycles. The molecule has 1 unspecified atom stereocenters. The van der Waals surface area contributed by atoms with E-state index in [9.17, 15) is 5.11 Å². The summed E-state index contributed by atoms with van der Waals surface area (Å²) in [5.41, 5.74) is 2.22. The predicted octanol–water partition coefficient (Wildman–Crippen LogP) is 2.57. The molecule has 0 aromatic heterocycles. The Labute approximate surface area is 103 Å². The first-order valence-corrected chi connectivity index (χ1v) is 6.83. The Morgan fingerprint density at radius 3 is 2.71 bits per heavy atom. The Balaban J connectivity index is 1.94. The van der Waals surface area contributed by atoms with E-state index in [1.807, 2.05) is 0 Å². The van der Waals surface area contributed by atoms with Gasteiger partial charge in [0, 0.05) is 0 Å². The van der Waals surface area contributed by atoms with Crippen molar-refractivity contribution in [2.24, 2.45) is 0 Å². The fraction of sp³-hybridized carbons (Fsp3) is 0.600. The van der Waals surface area contributed by atoms with Crippen molar-refractivity contribution in [3.63, 3.8) is 0 Å². The van der Waals surface area contributed by atoms with Crippen molar-refractivity contribution in [1.82, 2.24) is 5.32 Å². The first-order chi connectivity index (χ1) is 8.30. The summed E-state index contributed by atoms with van der Waals surface area (Å²) in [6, 6.07) is 8.72. The number of hydrogen-bond donors (Lipinski definition) is 2. The molecule has 1 fully saturated rings. The minimum absolute atomic E-state index is 0.146. The van der Waals surface area contributed by atoms with Crippen LogP contribution in [-0.2, 0) is 6.42 Å². The second kappa shape index (κ2) is 4.43. The summed E-state index contributed by atoms with van der Waals surface area (Å²) in [6.07, 6.45) is 6.57. The Kier molecular flexibility index (Phi) is 2.93. The Hall–Kier alpha value is -0.860. The van der Waals surface area contributed by atoms with E-state index in [4.69, 9.17) is 0 Å². The highest BCUT2D eigenvalue weighted by molar-refractivity contribution is 5.34. The predicted molar refractivity (Wildman–Crippen MR) is 68.9 cm³/mol. The quantitative estimate of drug-likeness (QED) is 0.778. The molecular weight excluding hydrogens is 210 g/mol. The Morgan fingerprint density at radius 1 is 1.12 bits per heavy atom. The monoisotopic (exact) mass is 231 g/mol. The summed E-state index contributed by atoms with van der Waals surface area (Å²) in [6.45, 7) is 0.990. The molecule has 92 valence electrons. The molecule has 0 amide bonds. The van der Waals surface area contributed by atoms with Gasteiger partial charge in [0.2, 0.25) is 0 Å². The third-order valence-electron chi connectivity index (χ3n) is 4.37. The van der Waals surface area contributed by atoms with E-state index < -0.39 is 5.60 Å². The third-order valence-corrected chi connectivity index (χ3v) is 4.37. The maximum atomic E-state index is 10.9. The van der Waals surface area contributed by atoms with E-state index in [1.54, 1.807) is 0 Å². The maximum Gasteiger partial charge on any atom is 0.0841 e. The molecule has 2 heteroatoms. The van der Waals surface area contributed by atoms with Crippen molar-refractivity contribution in [2.45, 2.75) is 50.2 Å². The molecule has 0 saturated heterocycles. The smallest absolute Gasteiger partial charge is 0.0841 e. The lowest BCUT2D eigenvalue weighted by Crippen LogP contribution is -2.48. The molecule has 1 saturated carbocycles. The lowest BCUT2D eigenvalue weighted by Gasteiger charge is -2.42.